The molecule has 0 saturated carbocycles. The number of hydrogen-bond acceptors (Lipinski definition) is 4. The number of carbonyl (C=O) groups is 2. The molecule has 1 aromatic carbocycles. The molecule has 28 heavy (non-hydrogen) atoms. The summed E-state index contributed by atoms with van der Waals surface area (Å²) in [6.07, 6.45) is 1.13. The average Bonchev–Trinajstić information content (AvgIpc) is 2.66. The molecule has 6 nitrogen and oxygen atoms in total. The quantitative estimate of drug-likeness (QED) is 0.634. The van der Waals surface area contributed by atoms with Crippen LogP contribution in [0.3, 0.4) is 0 Å². The molecule has 1 heterocycles. The molecule has 0 aliphatic carbocycles. The van der Waals surface area contributed by atoms with Crippen LogP contribution in [0.25, 0.3) is 0 Å². The number of benzene rings is 1. The largest absolute Gasteiger partial charge is 0.356 e. The molecule has 1 aliphatic heterocycles. The summed E-state index contributed by atoms with van der Waals surface area (Å²) in [4.78, 5) is 28.6. The molecule has 1 aliphatic rings. The third-order valence-electron chi connectivity index (χ3n) is 5.01. The van der Waals surface area contributed by atoms with Crippen LogP contribution in [0.5, 0.6) is 0 Å². The molecule has 0 aromatic heterocycles. The standard InChI is InChI=1S/C22H36N4O2/c1-22(2,3)21(28)24-11-7-10-20(27)23-12-13-25-14-16-26(17-15-25)18-19-8-5-4-6-9-19/h4-6,8-9H,7,10-18H2,1-3H3,(H,23,27)(H,24,28). The van der Waals surface area contributed by atoms with Gasteiger partial charge in [-0.25, -0.2) is 0 Å². The second kappa shape index (κ2) is 11.2. The summed E-state index contributed by atoms with van der Waals surface area (Å²) in [5, 5.41) is 5.87. The van der Waals surface area contributed by atoms with E-state index in [1.807, 2.05) is 20.8 Å². The van der Waals surface area contributed by atoms with Crippen molar-refractivity contribution in [2.75, 3.05) is 45.8 Å². The van der Waals surface area contributed by atoms with Crippen LogP contribution in [0.4, 0.5) is 0 Å². The molecule has 2 N–H and O–H groups in total. The Morgan fingerprint density at radius 1 is 0.929 bits per heavy atom. The molecular formula is C22H36N4O2. The van der Waals surface area contributed by atoms with Crippen molar-refractivity contribution in [2.24, 2.45) is 5.41 Å². The van der Waals surface area contributed by atoms with E-state index >= 15 is 0 Å². The molecule has 0 spiro atoms. The van der Waals surface area contributed by atoms with E-state index in [1.165, 1.54) is 5.56 Å². The van der Waals surface area contributed by atoms with Crippen LogP contribution in [-0.2, 0) is 16.1 Å². The van der Waals surface area contributed by atoms with Crippen LogP contribution < -0.4 is 10.6 Å². The minimum absolute atomic E-state index is 0.0271. The van der Waals surface area contributed by atoms with Crippen LogP contribution in [0.2, 0.25) is 0 Å². The van der Waals surface area contributed by atoms with Gasteiger partial charge < -0.3 is 10.6 Å². The first-order valence-corrected chi connectivity index (χ1v) is 10.4. The average molecular weight is 389 g/mol. The van der Waals surface area contributed by atoms with Crippen molar-refractivity contribution in [3.8, 4) is 0 Å². The Morgan fingerprint density at radius 3 is 2.21 bits per heavy atom. The van der Waals surface area contributed by atoms with Crippen LogP contribution in [-0.4, -0.2) is 67.4 Å². The van der Waals surface area contributed by atoms with E-state index in [9.17, 15) is 9.59 Å². The maximum Gasteiger partial charge on any atom is 0.225 e. The Bertz CT molecular complexity index is 605. The number of carbonyl (C=O) groups excluding carboxylic acids is 2. The minimum Gasteiger partial charge on any atom is -0.356 e. The van der Waals surface area contributed by atoms with E-state index in [1.54, 1.807) is 0 Å². The highest BCUT2D eigenvalue weighted by atomic mass is 16.2. The molecule has 0 unspecified atom stereocenters. The second-order valence-corrected chi connectivity index (χ2v) is 8.56. The van der Waals surface area contributed by atoms with E-state index in [2.05, 4.69) is 50.8 Å². The number of hydrogen-bond donors (Lipinski definition) is 2. The van der Waals surface area contributed by atoms with Crippen LogP contribution in [0.1, 0.15) is 39.2 Å². The fourth-order valence-electron chi connectivity index (χ4n) is 3.17. The maximum absolute atomic E-state index is 11.9. The van der Waals surface area contributed by atoms with Gasteiger partial charge >= 0.3 is 0 Å². The highest BCUT2D eigenvalue weighted by molar-refractivity contribution is 5.81. The van der Waals surface area contributed by atoms with Gasteiger partial charge in [-0.1, -0.05) is 51.1 Å². The van der Waals surface area contributed by atoms with Gasteiger partial charge in [0.05, 0.1) is 0 Å². The highest BCUT2D eigenvalue weighted by Gasteiger charge is 2.20. The molecule has 0 bridgehead atoms. The molecule has 0 atom stereocenters. The van der Waals surface area contributed by atoms with E-state index in [-0.39, 0.29) is 17.2 Å². The summed E-state index contributed by atoms with van der Waals surface area (Å²) in [5.74, 6) is 0.0898. The summed E-state index contributed by atoms with van der Waals surface area (Å²) in [5.41, 5.74) is 0.981. The van der Waals surface area contributed by atoms with Gasteiger partial charge in [0.2, 0.25) is 11.8 Å². The van der Waals surface area contributed by atoms with Crippen molar-refractivity contribution in [3.05, 3.63) is 35.9 Å². The zero-order chi connectivity index (χ0) is 20.4. The Kier molecular flexibility index (Phi) is 8.93. The number of nitrogens with zero attached hydrogens (tertiary/aromatic N) is 2. The lowest BCUT2D eigenvalue weighted by Crippen LogP contribution is -2.48. The Balaban J connectivity index is 1.51. The topological polar surface area (TPSA) is 64.7 Å². The third kappa shape index (κ3) is 8.40. The van der Waals surface area contributed by atoms with E-state index < -0.39 is 0 Å². The van der Waals surface area contributed by atoms with Crippen LogP contribution in [0, 0.1) is 5.41 Å². The first-order valence-electron chi connectivity index (χ1n) is 10.4. The first-order chi connectivity index (χ1) is 13.3. The lowest BCUT2D eigenvalue weighted by molar-refractivity contribution is -0.128. The zero-order valence-corrected chi connectivity index (χ0v) is 17.7. The number of rotatable bonds is 9. The summed E-state index contributed by atoms with van der Waals surface area (Å²) >= 11 is 0. The van der Waals surface area contributed by atoms with Crippen molar-refractivity contribution >= 4 is 11.8 Å². The normalized spacial score (nSPS) is 16.0. The van der Waals surface area contributed by atoms with Crippen molar-refractivity contribution in [1.82, 2.24) is 20.4 Å². The Hall–Kier alpha value is -1.92. The number of piperazine rings is 1. The summed E-state index contributed by atoms with van der Waals surface area (Å²) in [6, 6.07) is 10.6. The van der Waals surface area contributed by atoms with Crippen molar-refractivity contribution in [3.63, 3.8) is 0 Å². The van der Waals surface area contributed by atoms with Gasteiger partial charge in [-0.3, -0.25) is 19.4 Å². The molecular weight excluding hydrogens is 352 g/mol. The van der Waals surface area contributed by atoms with Crippen LogP contribution >= 0.6 is 0 Å². The van der Waals surface area contributed by atoms with E-state index in [0.717, 1.165) is 39.3 Å². The SMILES string of the molecule is CC(C)(C)C(=O)NCCCC(=O)NCCN1CCN(Cc2ccccc2)CC1. The van der Waals surface area contributed by atoms with Crippen molar-refractivity contribution in [1.29, 1.82) is 0 Å². The lowest BCUT2D eigenvalue weighted by atomic mass is 9.96. The summed E-state index contributed by atoms with van der Waals surface area (Å²) in [6.45, 7) is 13.0. The molecule has 1 saturated heterocycles. The van der Waals surface area contributed by atoms with Gasteiger partial charge in [-0.2, -0.15) is 0 Å². The van der Waals surface area contributed by atoms with E-state index in [4.69, 9.17) is 0 Å². The molecule has 156 valence electrons. The molecule has 1 aromatic rings. The summed E-state index contributed by atoms with van der Waals surface area (Å²) < 4.78 is 0. The van der Waals surface area contributed by atoms with Gasteiger partial charge in [0, 0.05) is 64.2 Å². The molecule has 2 rings (SSSR count). The first kappa shape index (κ1) is 22.4. The predicted molar refractivity (Wildman–Crippen MR) is 113 cm³/mol. The van der Waals surface area contributed by atoms with E-state index in [0.29, 0.717) is 25.9 Å². The molecule has 0 radical (unpaired) electrons. The third-order valence-corrected chi connectivity index (χ3v) is 5.01. The van der Waals surface area contributed by atoms with Gasteiger partial charge in [-0.05, 0) is 12.0 Å². The molecule has 6 heteroatoms. The molecule has 2 amide bonds. The maximum atomic E-state index is 11.9. The Labute approximate surface area is 169 Å². The van der Waals surface area contributed by atoms with Gasteiger partial charge in [0.15, 0.2) is 0 Å². The van der Waals surface area contributed by atoms with Gasteiger partial charge in [0.25, 0.3) is 0 Å². The Morgan fingerprint density at radius 2 is 1.57 bits per heavy atom. The number of nitrogens with one attached hydrogen (secondary N) is 2. The fraction of sp³-hybridized carbons (Fsp3) is 0.636. The zero-order valence-electron chi connectivity index (χ0n) is 17.7. The van der Waals surface area contributed by atoms with Gasteiger partial charge in [0.1, 0.15) is 0 Å². The van der Waals surface area contributed by atoms with Crippen molar-refractivity contribution < 1.29 is 9.59 Å². The van der Waals surface area contributed by atoms with Crippen LogP contribution in [0.15, 0.2) is 30.3 Å². The smallest absolute Gasteiger partial charge is 0.225 e. The highest BCUT2D eigenvalue weighted by Crippen LogP contribution is 2.12. The molecule has 1 fully saturated rings. The van der Waals surface area contributed by atoms with Crippen molar-refractivity contribution in [2.45, 2.75) is 40.2 Å². The second-order valence-electron chi connectivity index (χ2n) is 8.56. The summed E-state index contributed by atoms with van der Waals surface area (Å²) in [7, 11) is 0. The predicted octanol–water partition coefficient (Wildman–Crippen LogP) is 1.86. The van der Waals surface area contributed by atoms with Gasteiger partial charge in [-0.15, -0.1) is 0 Å². The monoisotopic (exact) mass is 388 g/mol. The lowest BCUT2D eigenvalue weighted by Gasteiger charge is -2.34. The fourth-order valence-corrected chi connectivity index (χ4v) is 3.17. The minimum atomic E-state index is -0.382. The number of amides is 2.